The molecule has 3 heteroatoms. The first-order chi connectivity index (χ1) is 12.8. The van der Waals surface area contributed by atoms with Gasteiger partial charge in [0.15, 0.2) is 0 Å². The minimum Gasteiger partial charge on any atom is -0.348 e. The summed E-state index contributed by atoms with van der Waals surface area (Å²) in [5.74, 6) is 0.312. The SMILES string of the molecule is CCCCCCc1cnc[nH]1.[B]CC(c1ccccc1)c1ccccc1. The first-order valence-corrected chi connectivity index (χ1v) is 9.62. The maximum absolute atomic E-state index is 5.84. The highest BCUT2D eigenvalue weighted by Crippen LogP contribution is 2.26. The molecule has 3 aromatic rings. The van der Waals surface area contributed by atoms with Gasteiger partial charge in [-0.25, -0.2) is 4.98 Å². The van der Waals surface area contributed by atoms with Gasteiger partial charge in [-0.2, -0.15) is 0 Å². The fourth-order valence-corrected chi connectivity index (χ4v) is 3.00. The third kappa shape index (κ3) is 6.91. The number of aromatic nitrogens is 2. The zero-order valence-corrected chi connectivity index (χ0v) is 15.8. The Hall–Kier alpha value is -2.29. The average Bonchev–Trinajstić information content (AvgIpc) is 3.22. The number of hydrogen-bond acceptors (Lipinski definition) is 1. The number of nitrogens with one attached hydrogen (secondary N) is 1. The molecule has 3 rings (SSSR count). The van der Waals surface area contributed by atoms with Crippen molar-refractivity contribution in [3.05, 3.63) is 90.0 Å². The van der Waals surface area contributed by atoms with Crippen molar-refractivity contribution in [3.63, 3.8) is 0 Å². The molecule has 0 bridgehead atoms. The summed E-state index contributed by atoms with van der Waals surface area (Å²) in [6.45, 7) is 2.23. The van der Waals surface area contributed by atoms with E-state index in [0.717, 1.165) is 6.42 Å². The molecule has 0 aliphatic carbocycles. The Balaban J connectivity index is 0.000000197. The summed E-state index contributed by atoms with van der Waals surface area (Å²) in [5.41, 5.74) is 3.83. The van der Waals surface area contributed by atoms with Crippen LogP contribution < -0.4 is 0 Å². The third-order valence-electron chi connectivity index (χ3n) is 4.49. The number of hydrogen-bond donors (Lipinski definition) is 1. The van der Waals surface area contributed by atoms with Gasteiger partial charge in [-0.1, -0.05) is 93.2 Å². The smallest absolute Gasteiger partial charge is 0.0921 e. The molecule has 0 fully saturated rings. The van der Waals surface area contributed by atoms with E-state index in [1.165, 1.54) is 42.5 Å². The topological polar surface area (TPSA) is 28.7 Å². The molecule has 0 saturated heterocycles. The second-order valence-electron chi connectivity index (χ2n) is 6.50. The van der Waals surface area contributed by atoms with Crippen LogP contribution in [0.15, 0.2) is 73.2 Å². The van der Waals surface area contributed by atoms with E-state index in [4.69, 9.17) is 7.85 Å². The molecule has 1 heterocycles. The van der Waals surface area contributed by atoms with Gasteiger partial charge in [-0.15, -0.1) is 0 Å². The van der Waals surface area contributed by atoms with Gasteiger partial charge in [0, 0.05) is 17.8 Å². The number of H-pyrrole nitrogens is 1. The van der Waals surface area contributed by atoms with Gasteiger partial charge >= 0.3 is 0 Å². The van der Waals surface area contributed by atoms with Crippen molar-refractivity contribution in [2.24, 2.45) is 0 Å². The molecule has 0 atom stereocenters. The van der Waals surface area contributed by atoms with Crippen molar-refractivity contribution in [3.8, 4) is 0 Å². The summed E-state index contributed by atoms with van der Waals surface area (Å²) in [6, 6.07) is 20.8. The Bertz CT molecular complexity index is 641. The van der Waals surface area contributed by atoms with Crippen LogP contribution in [0.4, 0.5) is 0 Å². The molecular weight excluding hydrogens is 315 g/mol. The van der Waals surface area contributed by atoms with Crippen LogP contribution in [0.5, 0.6) is 0 Å². The molecule has 0 spiro atoms. The third-order valence-corrected chi connectivity index (χ3v) is 4.49. The molecule has 0 aliphatic heterocycles. The van der Waals surface area contributed by atoms with Crippen LogP contribution in [0, 0.1) is 0 Å². The molecule has 26 heavy (non-hydrogen) atoms. The minimum absolute atomic E-state index is 0.312. The quantitative estimate of drug-likeness (QED) is 0.398. The zero-order valence-electron chi connectivity index (χ0n) is 15.8. The molecular formula is C23H29BN2. The Morgan fingerprint density at radius 1 is 0.885 bits per heavy atom. The number of imidazole rings is 1. The van der Waals surface area contributed by atoms with Crippen LogP contribution in [0.2, 0.25) is 6.32 Å². The van der Waals surface area contributed by atoms with Crippen LogP contribution in [-0.2, 0) is 6.42 Å². The summed E-state index contributed by atoms with van der Waals surface area (Å²) in [7, 11) is 5.84. The summed E-state index contributed by atoms with van der Waals surface area (Å²) in [5, 5.41) is 0. The zero-order chi connectivity index (χ0) is 18.5. The van der Waals surface area contributed by atoms with Crippen LogP contribution in [0.25, 0.3) is 0 Å². The highest BCUT2D eigenvalue weighted by molar-refractivity contribution is 6.09. The van der Waals surface area contributed by atoms with E-state index in [1.54, 1.807) is 6.33 Å². The number of aromatic amines is 1. The summed E-state index contributed by atoms with van der Waals surface area (Å²) >= 11 is 0. The standard InChI is InChI=1S/C14H13B.C9H16N2/c15-11-14(12-7-3-1-4-8-12)13-9-5-2-6-10-13;1-2-3-4-5-6-9-7-10-8-11-9/h1-10,14H,11H2;7-8H,2-6H2,1H3,(H,10,11). The molecule has 2 aromatic carbocycles. The maximum atomic E-state index is 5.84. The van der Waals surface area contributed by atoms with Gasteiger partial charge in [-0.05, 0) is 24.0 Å². The summed E-state index contributed by atoms with van der Waals surface area (Å²) in [6.07, 6.45) is 10.7. The van der Waals surface area contributed by atoms with E-state index in [9.17, 15) is 0 Å². The van der Waals surface area contributed by atoms with Crippen molar-refractivity contribution < 1.29 is 0 Å². The lowest BCUT2D eigenvalue weighted by Gasteiger charge is -2.15. The van der Waals surface area contributed by atoms with Gasteiger partial charge in [0.1, 0.15) is 0 Å². The molecule has 0 amide bonds. The predicted octanol–water partition coefficient (Wildman–Crippen LogP) is 5.94. The second-order valence-corrected chi connectivity index (χ2v) is 6.50. The normalized spacial score (nSPS) is 10.4. The first-order valence-electron chi connectivity index (χ1n) is 9.62. The van der Waals surface area contributed by atoms with E-state index in [2.05, 4.69) is 65.4 Å². The van der Waals surface area contributed by atoms with Gasteiger partial charge in [-0.3, -0.25) is 0 Å². The van der Waals surface area contributed by atoms with Crippen LogP contribution >= 0.6 is 0 Å². The summed E-state index contributed by atoms with van der Waals surface area (Å²) < 4.78 is 0. The van der Waals surface area contributed by atoms with Crippen molar-refractivity contribution in [1.29, 1.82) is 0 Å². The minimum atomic E-state index is 0.312. The Kier molecular flexibility index (Phi) is 9.35. The summed E-state index contributed by atoms with van der Waals surface area (Å²) in [4.78, 5) is 7.07. The van der Waals surface area contributed by atoms with Crippen LogP contribution in [0.1, 0.15) is 55.3 Å². The number of rotatable bonds is 8. The van der Waals surface area contributed by atoms with E-state index in [-0.39, 0.29) is 0 Å². The lowest BCUT2D eigenvalue weighted by molar-refractivity contribution is 0.662. The lowest BCUT2D eigenvalue weighted by atomic mass is 9.81. The van der Waals surface area contributed by atoms with E-state index in [0.29, 0.717) is 12.2 Å². The average molecular weight is 344 g/mol. The monoisotopic (exact) mass is 344 g/mol. The van der Waals surface area contributed by atoms with Gasteiger partial charge < -0.3 is 4.98 Å². The number of aryl methyl sites for hydroxylation is 1. The molecule has 2 radical (unpaired) electrons. The van der Waals surface area contributed by atoms with Crippen LogP contribution in [-0.4, -0.2) is 17.8 Å². The van der Waals surface area contributed by atoms with E-state index >= 15 is 0 Å². The fraction of sp³-hybridized carbons (Fsp3) is 0.348. The number of benzene rings is 2. The fourth-order valence-electron chi connectivity index (χ4n) is 3.00. The van der Waals surface area contributed by atoms with Gasteiger partial charge in [0.2, 0.25) is 0 Å². The van der Waals surface area contributed by atoms with Crippen molar-refractivity contribution >= 4 is 7.85 Å². The second kappa shape index (κ2) is 12.1. The Morgan fingerprint density at radius 2 is 1.50 bits per heavy atom. The Labute approximate surface area is 159 Å². The molecule has 134 valence electrons. The van der Waals surface area contributed by atoms with Crippen molar-refractivity contribution in [2.75, 3.05) is 0 Å². The van der Waals surface area contributed by atoms with Crippen molar-refractivity contribution in [2.45, 2.75) is 51.3 Å². The Morgan fingerprint density at radius 3 is 1.96 bits per heavy atom. The maximum Gasteiger partial charge on any atom is 0.0921 e. The van der Waals surface area contributed by atoms with Crippen molar-refractivity contribution in [1.82, 2.24) is 9.97 Å². The van der Waals surface area contributed by atoms with E-state index < -0.39 is 0 Å². The van der Waals surface area contributed by atoms with E-state index in [1.807, 2.05) is 18.3 Å². The molecule has 2 nitrogen and oxygen atoms in total. The molecule has 0 unspecified atom stereocenters. The molecule has 1 N–H and O–H groups in total. The largest absolute Gasteiger partial charge is 0.348 e. The number of nitrogens with zero attached hydrogens (tertiary/aromatic N) is 1. The molecule has 0 saturated carbocycles. The molecule has 0 aliphatic rings. The first kappa shape index (κ1) is 20.0. The number of unbranched alkanes of at least 4 members (excludes halogenated alkanes) is 3. The highest BCUT2D eigenvalue weighted by Gasteiger charge is 2.09. The van der Waals surface area contributed by atoms with Crippen LogP contribution in [0.3, 0.4) is 0 Å². The molecule has 1 aromatic heterocycles. The highest BCUT2D eigenvalue weighted by atomic mass is 14.9. The predicted molar refractivity (Wildman–Crippen MR) is 112 cm³/mol. The van der Waals surface area contributed by atoms with Gasteiger partial charge in [0.05, 0.1) is 14.2 Å². The van der Waals surface area contributed by atoms with Gasteiger partial charge in [0.25, 0.3) is 0 Å². The lowest BCUT2D eigenvalue weighted by Crippen LogP contribution is -1.99.